The van der Waals surface area contributed by atoms with E-state index < -0.39 is 42.4 Å². The molecule has 4 atom stereocenters. The molecular weight excluding hydrogens is 521 g/mol. The van der Waals surface area contributed by atoms with E-state index in [1.807, 2.05) is 24.3 Å². The van der Waals surface area contributed by atoms with Crippen molar-refractivity contribution in [2.75, 3.05) is 23.0 Å². The van der Waals surface area contributed by atoms with Crippen LogP contribution in [0.4, 0.5) is 21.2 Å². The molecule has 1 N–H and O–H groups in total. The zero-order valence-electron chi connectivity index (χ0n) is 22.4. The van der Waals surface area contributed by atoms with Crippen molar-refractivity contribution in [3.63, 3.8) is 0 Å². The summed E-state index contributed by atoms with van der Waals surface area (Å²) >= 11 is 0. The zero-order valence-corrected chi connectivity index (χ0v) is 23.4. The molecule has 0 aromatic heterocycles. The fraction of sp³-hybridized carbons (Fsp3) is 0.500. The van der Waals surface area contributed by atoms with Crippen molar-refractivity contribution in [3.05, 3.63) is 63.7 Å². The van der Waals surface area contributed by atoms with Gasteiger partial charge in [-0.15, -0.1) is 0 Å². The molecule has 1 spiro atoms. The van der Waals surface area contributed by atoms with Crippen molar-refractivity contribution in [1.29, 1.82) is 0 Å². The summed E-state index contributed by atoms with van der Waals surface area (Å²) in [6.07, 6.45) is 1.77. The predicted molar refractivity (Wildman–Crippen MR) is 147 cm³/mol. The quantitative estimate of drug-likeness (QED) is 0.227. The number of rotatable bonds is 7. The van der Waals surface area contributed by atoms with Gasteiger partial charge in [-0.25, -0.2) is 0 Å². The number of ether oxygens (including phenoxy) is 1. The molecule has 0 aliphatic carbocycles. The van der Waals surface area contributed by atoms with E-state index in [2.05, 4.69) is 0 Å². The fourth-order valence-electron chi connectivity index (χ4n) is 6.79. The Balaban J connectivity index is 1.57. The van der Waals surface area contributed by atoms with Crippen molar-refractivity contribution < 1.29 is 28.5 Å². The van der Waals surface area contributed by atoms with Gasteiger partial charge in [-0.3, -0.25) is 19.7 Å². The minimum Gasteiger partial charge on any atom is -0.396 e. The number of anilines is 2. The summed E-state index contributed by atoms with van der Waals surface area (Å²) in [5.41, 5.74) is 0.0371. The van der Waals surface area contributed by atoms with Crippen LogP contribution in [0.25, 0.3) is 0 Å². The number of hydrogen-bond acceptors (Lipinski definition) is 6. The summed E-state index contributed by atoms with van der Waals surface area (Å²) in [6, 6.07) is 11.8. The minimum absolute atomic E-state index is 0.0689. The maximum Gasteiger partial charge on any atom is 0.269 e. The highest BCUT2D eigenvalue weighted by atomic mass is 28.4. The number of fused-ring (bicyclic) bond motifs is 2. The van der Waals surface area contributed by atoms with E-state index in [1.165, 1.54) is 12.1 Å². The highest BCUT2D eigenvalue weighted by molar-refractivity contribution is 6.72. The molecule has 9 nitrogen and oxygen atoms in total. The van der Waals surface area contributed by atoms with Crippen LogP contribution in [0.3, 0.4) is 0 Å². The number of benzene rings is 2. The van der Waals surface area contributed by atoms with Gasteiger partial charge in [0.05, 0.1) is 23.3 Å². The Morgan fingerprint density at radius 1 is 1.21 bits per heavy atom. The molecule has 208 valence electrons. The fourth-order valence-corrected chi connectivity index (χ4v) is 9.33. The number of nitrogens with zero attached hydrogens (tertiary/aromatic N) is 3. The van der Waals surface area contributed by atoms with Crippen molar-refractivity contribution in [3.8, 4) is 0 Å². The van der Waals surface area contributed by atoms with Gasteiger partial charge < -0.3 is 23.8 Å². The third-order valence-corrected chi connectivity index (χ3v) is 10.9. The van der Waals surface area contributed by atoms with Crippen LogP contribution in [-0.2, 0) is 26.5 Å². The van der Waals surface area contributed by atoms with Crippen LogP contribution in [-0.4, -0.2) is 49.5 Å². The first-order valence-electron chi connectivity index (χ1n) is 13.5. The van der Waals surface area contributed by atoms with Crippen molar-refractivity contribution in [2.24, 2.45) is 5.92 Å². The molecule has 2 saturated heterocycles. The Labute approximate surface area is 227 Å². The number of halogens is 1. The highest BCUT2D eigenvalue weighted by Crippen LogP contribution is 2.60. The topological polar surface area (TPSA) is 113 Å². The molecule has 0 saturated carbocycles. The number of carbonyl (C=O) groups is 2. The molecular formula is C28H34FN3O6Si. The first-order chi connectivity index (χ1) is 18.5. The van der Waals surface area contributed by atoms with Gasteiger partial charge in [0.1, 0.15) is 0 Å². The van der Waals surface area contributed by atoms with Crippen LogP contribution in [0, 0.1) is 16.0 Å². The maximum atomic E-state index is 15.7. The van der Waals surface area contributed by atoms with Crippen molar-refractivity contribution in [1.82, 2.24) is 0 Å². The SMILES string of the molecule is C[C@@H]1[C@@H]([Si](C)(C)F)[C@H](CCO)O[C@@]12C(=O)N(Cc1cccc(N3CCCCC3=O)c1)c1ccc([N+](=O)[O-])cc12. The third-order valence-electron chi connectivity index (χ3n) is 8.46. The van der Waals surface area contributed by atoms with Gasteiger partial charge in [-0.2, -0.15) is 0 Å². The number of nitro groups is 1. The number of non-ortho nitro benzene ring substituents is 1. The highest BCUT2D eigenvalue weighted by Gasteiger charge is 2.66. The van der Waals surface area contributed by atoms with Gasteiger partial charge in [0, 0.05) is 54.4 Å². The summed E-state index contributed by atoms with van der Waals surface area (Å²) in [4.78, 5) is 41.3. The third kappa shape index (κ3) is 4.56. The van der Waals surface area contributed by atoms with Gasteiger partial charge >= 0.3 is 0 Å². The van der Waals surface area contributed by atoms with E-state index in [0.717, 1.165) is 24.1 Å². The normalized spacial score (nSPS) is 26.9. The molecule has 39 heavy (non-hydrogen) atoms. The zero-order chi connectivity index (χ0) is 28.1. The van der Waals surface area contributed by atoms with Gasteiger partial charge in [-0.05, 0) is 56.1 Å². The summed E-state index contributed by atoms with van der Waals surface area (Å²) in [5.74, 6) is -0.927. The van der Waals surface area contributed by atoms with Crippen LogP contribution in [0.5, 0.6) is 0 Å². The van der Waals surface area contributed by atoms with Crippen LogP contribution < -0.4 is 9.80 Å². The molecule has 3 heterocycles. The van der Waals surface area contributed by atoms with Gasteiger partial charge in [0.25, 0.3) is 11.6 Å². The maximum absolute atomic E-state index is 15.7. The minimum atomic E-state index is -3.38. The van der Waals surface area contributed by atoms with Crippen LogP contribution in [0.1, 0.15) is 43.7 Å². The van der Waals surface area contributed by atoms with Crippen molar-refractivity contribution in [2.45, 2.75) is 69.5 Å². The average Bonchev–Trinajstić information content (AvgIpc) is 3.31. The smallest absolute Gasteiger partial charge is 0.269 e. The standard InChI is InChI=1S/C28H34FN3O6Si/c1-18-26(39(2,3)29)24(12-14-33)38-28(18)22-16-21(32(36)37)10-11-23(22)31(27(28)35)17-19-7-6-8-20(15-19)30-13-5-4-9-25(30)34/h6-8,10-11,15-16,18,24,26,33H,4-5,9,12-14,17H2,1-3H3/t18-,24+,26-,28+/m1/s1. The molecule has 2 fully saturated rings. The molecule has 2 amide bonds. The Morgan fingerprint density at radius 3 is 2.64 bits per heavy atom. The Hall–Kier alpha value is -3.15. The van der Waals surface area contributed by atoms with Crippen LogP contribution in [0.15, 0.2) is 42.5 Å². The van der Waals surface area contributed by atoms with Gasteiger partial charge in [0.15, 0.2) is 5.60 Å². The number of carbonyl (C=O) groups excluding carboxylic acids is 2. The number of hydrogen-bond donors (Lipinski definition) is 1. The van der Waals surface area contributed by atoms with Crippen LogP contribution >= 0.6 is 0 Å². The lowest BCUT2D eigenvalue weighted by Crippen LogP contribution is -2.45. The number of amides is 2. The van der Waals surface area contributed by atoms with Crippen molar-refractivity contribution >= 4 is 37.3 Å². The van der Waals surface area contributed by atoms with E-state index in [0.29, 0.717) is 24.2 Å². The molecule has 2 aromatic carbocycles. The number of nitro benzene ring substituents is 1. The molecule has 3 aliphatic heterocycles. The number of aliphatic hydroxyl groups is 1. The lowest BCUT2D eigenvalue weighted by atomic mass is 9.82. The second-order valence-corrected chi connectivity index (χ2v) is 15.1. The van der Waals surface area contributed by atoms with E-state index >= 15 is 4.11 Å². The van der Waals surface area contributed by atoms with Gasteiger partial charge in [0.2, 0.25) is 14.3 Å². The summed E-state index contributed by atoms with van der Waals surface area (Å²) in [5, 5.41) is 21.4. The average molecular weight is 556 g/mol. The van der Waals surface area contributed by atoms with E-state index in [-0.39, 0.29) is 31.2 Å². The Bertz CT molecular complexity index is 1320. The van der Waals surface area contributed by atoms with E-state index in [1.54, 1.807) is 35.9 Å². The number of piperidine rings is 1. The first kappa shape index (κ1) is 27.4. The Kier molecular flexibility index (Phi) is 7.10. The first-order valence-corrected chi connectivity index (χ1v) is 16.4. The van der Waals surface area contributed by atoms with Gasteiger partial charge in [-0.1, -0.05) is 19.1 Å². The largest absolute Gasteiger partial charge is 0.396 e. The van der Waals surface area contributed by atoms with E-state index in [4.69, 9.17) is 4.74 Å². The van der Waals surface area contributed by atoms with E-state index in [9.17, 15) is 24.8 Å². The molecule has 0 radical (unpaired) electrons. The predicted octanol–water partition coefficient (Wildman–Crippen LogP) is 4.82. The summed E-state index contributed by atoms with van der Waals surface area (Å²) < 4.78 is 22.1. The molecule has 0 bridgehead atoms. The number of aliphatic hydroxyl groups excluding tert-OH is 1. The lowest BCUT2D eigenvalue weighted by molar-refractivity contribution is -0.385. The van der Waals surface area contributed by atoms with Crippen LogP contribution in [0.2, 0.25) is 18.6 Å². The lowest BCUT2D eigenvalue weighted by Gasteiger charge is -2.31. The molecule has 2 aromatic rings. The second-order valence-electron chi connectivity index (χ2n) is 11.3. The summed E-state index contributed by atoms with van der Waals surface area (Å²) in [7, 11) is -3.38. The molecule has 5 rings (SSSR count). The summed E-state index contributed by atoms with van der Waals surface area (Å²) in [6.45, 7) is 5.49. The second kappa shape index (κ2) is 10.1. The molecule has 0 unspecified atom stereocenters. The monoisotopic (exact) mass is 555 g/mol. The molecule has 11 heteroatoms. The molecule has 3 aliphatic rings. The Morgan fingerprint density at radius 2 is 1.97 bits per heavy atom.